The Bertz CT molecular complexity index is 366. The Kier molecular flexibility index (Phi) is 7.30. The van der Waals surface area contributed by atoms with Crippen molar-refractivity contribution < 1.29 is 14.2 Å². The van der Waals surface area contributed by atoms with Crippen molar-refractivity contribution in [2.75, 3.05) is 34.0 Å². The van der Waals surface area contributed by atoms with Gasteiger partial charge in [-0.05, 0) is 23.6 Å². The van der Waals surface area contributed by atoms with E-state index in [1.165, 1.54) is 5.56 Å². The van der Waals surface area contributed by atoms with Gasteiger partial charge in [0.2, 0.25) is 0 Å². The lowest BCUT2D eigenvalue weighted by molar-refractivity contribution is 0.199. The molecule has 1 aromatic carbocycles. The Morgan fingerprint density at radius 1 is 1.16 bits per heavy atom. The largest absolute Gasteiger partial charge is 0.493 e. The molecule has 0 saturated heterocycles. The molecule has 0 fully saturated rings. The fourth-order valence-corrected chi connectivity index (χ4v) is 1.60. The molecule has 0 saturated carbocycles. The highest BCUT2D eigenvalue weighted by Gasteiger charge is 2.06. The zero-order valence-corrected chi connectivity index (χ0v) is 12.4. The molecule has 0 aromatic heterocycles. The van der Waals surface area contributed by atoms with Crippen LogP contribution in [0.15, 0.2) is 18.2 Å². The quantitative estimate of drug-likeness (QED) is 0.698. The first-order chi connectivity index (χ1) is 9.17. The van der Waals surface area contributed by atoms with Crippen molar-refractivity contribution in [1.82, 2.24) is 5.32 Å². The highest BCUT2D eigenvalue weighted by molar-refractivity contribution is 5.42. The van der Waals surface area contributed by atoms with Crippen LogP contribution in [0.2, 0.25) is 0 Å². The van der Waals surface area contributed by atoms with Crippen LogP contribution in [-0.4, -0.2) is 34.0 Å². The molecule has 0 aliphatic carbocycles. The lowest BCUT2D eigenvalue weighted by atomic mass is 10.2. The van der Waals surface area contributed by atoms with Gasteiger partial charge < -0.3 is 19.5 Å². The number of methoxy groups -OCH3 is 2. The predicted molar refractivity (Wildman–Crippen MR) is 76.9 cm³/mol. The van der Waals surface area contributed by atoms with Gasteiger partial charge in [-0.15, -0.1) is 0 Å². The van der Waals surface area contributed by atoms with E-state index < -0.39 is 0 Å². The van der Waals surface area contributed by atoms with Crippen LogP contribution in [0, 0.1) is 5.92 Å². The minimum atomic E-state index is 0.500. The summed E-state index contributed by atoms with van der Waals surface area (Å²) in [7, 11) is 3.37. The Morgan fingerprint density at radius 3 is 2.58 bits per heavy atom. The predicted octanol–water partition coefficient (Wildman–Crippen LogP) is 2.47. The molecule has 4 heteroatoms. The molecule has 0 atom stereocenters. The monoisotopic (exact) mass is 267 g/mol. The molecule has 1 aromatic rings. The maximum absolute atomic E-state index is 5.72. The number of hydrogen-bond donors (Lipinski definition) is 1. The molecular formula is C15H25NO3. The summed E-state index contributed by atoms with van der Waals surface area (Å²) in [5.41, 5.74) is 1.17. The fourth-order valence-electron chi connectivity index (χ4n) is 1.60. The fraction of sp³-hybridized carbons (Fsp3) is 0.600. The van der Waals surface area contributed by atoms with Crippen molar-refractivity contribution in [2.45, 2.75) is 20.4 Å². The van der Waals surface area contributed by atoms with E-state index in [1.54, 1.807) is 14.2 Å². The molecule has 0 spiro atoms. The van der Waals surface area contributed by atoms with E-state index in [-0.39, 0.29) is 0 Å². The Labute approximate surface area is 116 Å². The van der Waals surface area contributed by atoms with Crippen LogP contribution in [0.3, 0.4) is 0 Å². The van der Waals surface area contributed by atoms with E-state index >= 15 is 0 Å². The summed E-state index contributed by atoms with van der Waals surface area (Å²) in [6.07, 6.45) is 0. The van der Waals surface area contributed by atoms with E-state index in [9.17, 15) is 0 Å². The van der Waals surface area contributed by atoms with Crippen LogP contribution in [-0.2, 0) is 11.3 Å². The Morgan fingerprint density at radius 2 is 1.95 bits per heavy atom. The summed E-state index contributed by atoms with van der Waals surface area (Å²) in [5.74, 6) is 2.09. The maximum atomic E-state index is 5.72. The molecule has 19 heavy (non-hydrogen) atoms. The first-order valence-corrected chi connectivity index (χ1v) is 6.66. The first kappa shape index (κ1) is 15.8. The zero-order valence-electron chi connectivity index (χ0n) is 12.4. The summed E-state index contributed by atoms with van der Waals surface area (Å²) in [6.45, 7) is 7.30. The molecule has 0 amide bonds. The van der Waals surface area contributed by atoms with Gasteiger partial charge in [0.05, 0.1) is 20.3 Å². The van der Waals surface area contributed by atoms with Gasteiger partial charge in [-0.3, -0.25) is 0 Å². The van der Waals surface area contributed by atoms with Gasteiger partial charge in [-0.25, -0.2) is 0 Å². The first-order valence-electron chi connectivity index (χ1n) is 6.66. The van der Waals surface area contributed by atoms with Gasteiger partial charge in [0.25, 0.3) is 0 Å². The van der Waals surface area contributed by atoms with Crippen LogP contribution in [0.4, 0.5) is 0 Å². The minimum absolute atomic E-state index is 0.500. The van der Waals surface area contributed by atoms with Gasteiger partial charge in [0.15, 0.2) is 11.5 Å². The van der Waals surface area contributed by atoms with E-state index in [1.807, 2.05) is 12.1 Å². The van der Waals surface area contributed by atoms with Crippen LogP contribution in [0.5, 0.6) is 11.5 Å². The van der Waals surface area contributed by atoms with Gasteiger partial charge in [-0.1, -0.05) is 19.9 Å². The second-order valence-electron chi connectivity index (χ2n) is 4.86. The highest BCUT2D eigenvalue weighted by atomic mass is 16.5. The van der Waals surface area contributed by atoms with Crippen molar-refractivity contribution in [3.63, 3.8) is 0 Å². The molecule has 1 rings (SSSR count). The summed E-state index contributed by atoms with van der Waals surface area (Å²) < 4.78 is 16.1. The average molecular weight is 267 g/mol. The molecule has 0 bridgehead atoms. The van der Waals surface area contributed by atoms with Crippen molar-refractivity contribution in [3.8, 4) is 11.5 Å². The van der Waals surface area contributed by atoms with Gasteiger partial charge in [0, 0.05) is 20.2 Å². The van der Waals surface area contributed by atoms with Gasteiger partial charge in [0.1, 0.15) is 0 Å². The van der Waals surface area contributed by atoms with Gasteiger partial charge >= 0.3 is 0 Å². The van der Waals surface area contributed by atoms with Crippen LogP contribution in [0.1, 0.15) is 19.4 Å². The number of hydrogen-bond acceptors (Lipinski definition) is 4. The topological polar surface area (TPSA) is 39.7 Å². The third-order valence-corrected chi connectivity index (χ3v) is 2.61. The number of rotatable bonds is 9. The Balaban J connectivity index is 2.56. The third-order valence-electron chi connectivity index (χ3n) is 2.61. The lowest BCUT2D eigenvalue weighted by Gasteiger charge is -2.13. The van der Waals surface area contributed by atoms with Crippen molar-refractivity contribution in [1.29, 1.82) is 0 Å². The number of nitrogens with one attached hydrogen (secondary N) is 1. The Hall–Kier alpha value is -1.26. The molecule has 0 aliphatic heterocycles. The maximum Gasteiger partial charge on any atom is 0.161 e. The molecule has 0 heterocycles. The second kappa shape index (κ2) is 8.77. The highest BCUT2D eigenvalue weighted by Crippen LogP contribution is 2.28. The van der Waals surface area contributed by atoms with E-state index in [0.29, 0.717) is 19.1 Å². The summed E-state index contributed by atoms with van der Waals surface area (Å²) in [6, 6.07) is 6.03. The molecular weight excluding hydrogens is 242 g/mol. The average Bonchev–Trinajstić information content (AvgIpc) is 2.41. The van der Waals surface area contributed by atoms with Crippen LogP contribution in [0.25, 0.3) is 0 Å². The summed E-state index contributed by atoms with van der Waals surface area (Å²) in [5, 5.41) is 3.30. The number of benzene rings is 1. The smallest absolute Gasteiger partial charge is 0.161 e. The molecule has 0 radical (unpaired) electrons. The lowest BCUT2D eigenvalue weighted by Crippen LogP contribution is -2.18. The van der Waals surface area contributed by atoms with Crippen molar-refractivity contribution in [2.24, 2.45) is 5.92 Å². The number of ether oxygens (including phenoxy) is 3. The normalized spacial score (nSPS) is 10.8. The van der Waals surface area contributed by atoms with Crippen LogP contribution >= 0.6 is 0 Å². The molecule has 0 aliphatic rings. The third kappa shape index (κ3) is 5.94. The second-order valence-corrected chi connectivity index (χ2v) is 4.86. The van der Waals surface area contributed by atoms with E-state index in [0.717, 1.165) is 24.6 Å². The molecule has 4 nitrogen and oxygen atoms in total. The molecule has 0 unspecified atom stereocenters. The van der Waals surface area contributed by atoms with E-state index in [2.05, 4.69) is 25.2 Å². The van der Waals surface area contributed by atoms with Crippen LogP contribution < -0.4 is 14.8 Å². The standard InChI is InChI=1S/C15H25NO3/c1-12(2)11-19-14-6-5-13(9-15(14)18-4)10-16-7-8-17-3/h5-6,9,12,16H,7-8,10-11H2,1-4H3. The van der Waals surface area contributed by atoms with Crippen molar-refractivity contribution >= 4 is 0 Å². The van der Waals surface area contributed by atoms with Crippen molar-refractivity contribution in [3.05, 3.63) is 23.8 Å². The summed E-state index contributed by atoms with van der Waals surface area (Å²) >= 11 is 0. The van der Waals surface area contributed by atoms with Gasteiger partial charge in [-0.2, -0.15) is 0 Å². The SMILES string of the molecule is COCCNCc1ccc(OCC(C)C)c(OC)c1. The summed E-state index contributed by atoms with van der Waals surface area (Å²) in [4.78, 5) is 0. The molecule has 108 valence electrons. The molecule has 1 N–H and O–H groups in total. The minimum Gasteiger partial charge on any atom is -0.493 e. The zero-order chi connectivity index (χ0) is 14.1. The van der Waals surface area contributed by atoms with E-state index in [4.69, 9.17) is 14.2 Å².